The van der Waals surface area contributed by atoms with Crippen LogP contribution in [0.3, 0.4) is 0 Å². The summed E-state index contributed by atoms with van der Waals surface area (Å²) in [5.74, 6) is 0. The topological polar surface area (TPSA) is 46.6 Å². The molecule has 1 aromatic carbocycles. The summed E-state index contributed by atoms with van der Waals surface area (Å²) in [6.07, 6.45) is 0. The minimum absolute atomic E-state index is 0.345. The number of benzene rings is 1. The second-order valence-electron chi connectivity index (χ2n) is 4.02. The molecule has 1 aliphatic rings. The summed E-state index contributed by atoms with van der Waals surface area (Å²) in [7, 11) is 2.11. The number of anilines is 1. The molecule has 0 saturated carbocycles. The lowest BCUT2D eigenvalue weighted by molar-refractivity contribution is 0.313. The molecule has 1 unspecified atom stereocenters. The lowest BCUT2D eigenvalue weighted by Crippen LogP contribution is -2.44. The Hall–Kier alpha value is -0.910. The third kappa shape index (κ3) is 2.61. The van der Waals surface area contributed by atoms with Gasteiger partial charge in [-0.3, -0.25) is 4.21 Å². The molecule has 0 radical (unpaired) electrons. The number of piperazine rings is 1. The monoisotopic (exact) mass is 239 g/mol. The van der Waals surface area contributed by atoms with E-state index < -0.39 is 11.1 Å². The third-order valence-corrected chi connectivity index (χ3v) is 3.55. The quantitative estimate of drug-likeness (QED) is 0.712. The number of hydrogen-bond acceptors (Lipinski definition) is 4. The van der Waals surface area contributed by atoms with Crippen molar-refractivity contribution in [3.8, 4) is 0 Å². The predicted octanol–water partition coefficient (Wildman–Crippen LogP) is 0.676. The van der Waals surface area contributed by atoms with Crippen LogP contribution in [-0.4, -0.2) is 46.9 Å². The van der Waals surface area contributed by atoms with Crippen LogP contribution in [0.4, 0.5) is 5.69 Å². The summed E-state index contributed by atoms with van der Waals surface area (Å²) in [5, 5.41) is 0. The van der Waals surface area contributed by atoms with Crippen molar-refractivity contribution in [2.75, 3.05) is 38.1 Å². The second kappa shape index (κ2) is 4.95. The molecule has 2 rings (SSSR count). The van der Waals surface area contributed by atoms with Crippen molar-refractivity contribution in [1.82, 2.24) is 4.90 Å². The van der Waals surface area contributed by atoms with Crippen LogP contribution in [-0.2, 0) is 11.1 Å². The number of likely N-dealkylation sites (N-methyl/N-ethyl adjacent to an activating group) is 1. The van der Waals surface area contributed by atoms with Crippen molar-refractivity contribution < 1.29 is 8.76 Å². The maximum atomic E-state index is 10.7. The summed E-state index contributed by atoms with van der Waals surface area (Å²) in [5.41, 5.74) is 1.10. The largest absolute Gasteiger partial charge is 0.768 e. The summed E-state index contributed by atoms with van der Waals surface area (Å²) in [6, 6.07) is 7.04. The van der Waals surface area contributed by atoms with Crippen molar-refractivity contribution in [2.45, 2.75) is 4.90 Å². The molecular formula is C11H15N2O2S-. The van der Waals surface area contributed by atoms with E-state index >= 15 is 0 Å². The lowest BCUT2D eigenvalue weighted by atomic mass is 10.2. The van der Waals surface area contributed by atoms with Gasteiger partial charge < -0.3 is 14.4 Å². The van der Waals surface area contributed by atoms with Crippen molar-refractivity contribution in [3.63, 3.8) is 0 Å². The van der Waals surface area contributed by atoms with E-state index in [9.17, 15) is 8.76 Å². The average molecular weight is 239 g/mol. The fourth-order valence-corrected chi connectivity index (χ4v) is 2.19. The van der Waals surface area contributed by atoms with Crippen LogP contribution >= 0.6 is 0 Å². The maximum absolute atomic E-state index is 10.7. The second-order valence-corrected chi connectivity index (χ2v) is 4.96. The van der Waals surface area contributed by atoms with Crippen LogP contribution in [0.5, 0.6) is 0 Å². The zero-order chi connectivity index (χ0) is 11.5. The lowest BCUT2D eigenvalue weighted by Gasteiger charge is -2.34. The Balaban J connectivity index is 2.07. The van der Waals surface area contributed by atoms with E-state index in [1.165, 1.54) is 0 Å². The van der Waals surface area contributed by atoms with Crippen molar-refractivity contribution >= 4 is 16.8 Å². The summed E-state index contributed by atoms with van der Waals surface area (Å²) >= 11 is -2.12. The molecule has 0 N–H and O–H groups in total. The Bertz CT molecular complexity index is 372. The first kappa shape index (κ1) is 11.6. The standard InChI is InChI=1S/C11H16N2O2S/c1-12-6-8-13(9-7-12)10-2-4-11(5-3-10)16(14)15/h2-5H,6-9H2,1H3,(H,14,15)/p-1. The molecule has 16 heavy (non-hydrogen) atoms. The minimum atomic E-state index is -2.12. The van der Waals surface area contributed by atoms with Crippen LogP contribution in [0, 0.1) is 0 Å². The van der Waals surface area contributed by atoms with Gasteiger partial charge in [0.25, 0.3) is 0 Å². The SMILES string of the molecule is CN1CCN(c2ccc(S(=O)[O-])cc2)CC1. The van der Waals surface area contributed by atoms with Crippen molar-refractivity contribution in [3.05, 3.63) is 24.3 Å². The molecule has 1 aliphatic heterocycles. The van der Waals surface area contributed by atoms with E-state index in [1.807, 2.05) is 12.1 Å². The van der Waals surface area contributed by atoms with Crippen LogP contribution < -0.4 is 4.90 Å². The van der Waals surface area contributed by atoms with Crippen LogP contribution in [0.15, 0.2) is 29.2 Å². The van der Waals surface area contributed by atoms with Gasteiger partial charge in [0.15, 0.2) is 0 Å². The summed E-state index contributed by atoms with van der Waals surface area (Å²) < 4.78 is 21.4. The highest BCUT2D eigenvalue weighted by Gasteiger charge is 2.13. The van der Waals surface area contributed by atoms with Gasteiger partial charge in [0, 0.05) is 36.8 Å². The fraction of sp³-hybridized carbons (Fsp3) is 0.455. The van der Waals surface area contributed by atoms with E-state index in [0.717, 1.165) is 31.9 Å². The highest BCUT2D eigenvalue weighted by Crippen LogP contribution is 2.17. The zero-order valence-electron chi connectivity index (χ0n) is 9.26. The Labute approximate surface area is 98.1 Å². The molecule has 0 bridgehead atoms. The third-order valence-electron chi connectivity index (χ3n) is 2.90. The first-order chi connectivity index (χ1) is 7.66. The Morgan fingerprint density at radius 2 is 1.69 bits per heavy atom. The van der Waals surface area contributed by atoms with Gasteiger partial charge in [0.05, 0.1) is 0 Å². The van der Waals surface area contributed by atoms with Crippen LogP contribution in [0.1, 0.15) is 0 Å². The molecule has 4 nitrogen and oxygen atoms in total. The molecule has 88 valence electrons. The highest BCUT2D eigenvalue weighted by molar-refractivity contribution is 7.79. The van der Waals surface area contributed by atoms with Gasteiger partial charge in [0.2, 0.25) is 0 Å². The zero-order valence-corrected chi connectivity index (χ0v) is 10.1. The molecular weight excluding hydrogens is 224 g/mol. The molecule has 1 aromatic rings. The fourth-order valence-electron chi connectivity index (χ4n) is 1.83. The normalized spacial score (nSPS) is 19.8. The minimum Gasteiger partial charge on any atom is -0.768 e. The van der Waals surface area contributed by atoms with E-state index in [1.54, 1.807) is 12.1 Å². The molecule has 1 atom stereocenters. The average Bonchev–Trinajstić information content (AvgIpc) is 2.30. The number of hydrogen-bond donors (Lipinski definition) is 0. The van der Waals surface area contributed by atoms with Crippen molar-refractivity contribution in [1.29, 1.82) is 0 Å². The van der Waals surface area contributed by atoms with Gasteiger partial charge in [-0.2, -0.15) is 0 Å². The molecule has 0 aliphatic carbocycles. The molecule has 1 heterocycles. The molecule has 0 spiro atoms. The van der Waals surface area contributed by atoms with E-state index in [0.29, 0.717) is 4.90 Å². The Kier molecular flexibility index (Phi) is 3.58. The predicted molar refractivity (Wildman–Crippen MR) is 63.3 cm³/mol. The first-order valence-electron chi connectivity index (χ1n) is 5.29. The smallest absolute Gasteiger partial charge is 0.0367 e. The van der Waals surface area contributed by atoms with E-state index in [2.05, 4.69) is 16.8 Å². The van der Waals surface area contributed by atoms with Gasteiger partial charge in [-0.25, -0.2) is 0 Å². The molecule has 0 amide bonds. The van der Waals surface area contributed by atoms with Crippen molar-refractivity contribution in [2.24, 2.45) is 0 Å². The van der Waals surface area contributed by atoms with Crippen LogP contribution in [0.25, 0.3) is 0 Å². The van der Waals surface area contributed by atoms with Gasteiger partial charge in [-0.15, -0.1) is 0 Å². The number of rotatable bonds is 2. The highest BCUT2D eigenvalue weighted by atomic mass is 32.2. The van der Waals surface area contributed by atoms with E-state index in [-0.39, 0.29) is 0 Å². The first-order valence-corrected chi connectivity index (χ1v) is 6.37. The van der Waals surface area contributed by atoms with Gasteiger partial charge in [-0.05, 0) is 42.4 Å². The van der Waals surface area contributed by atoms with Gasteiger partial charge >= 0.3 is 0 Å². The Morgan fingerprint density at radius 3 is 2.19 bits per heavy atom. The molecule has 5 heteroatoms. The number of nitrogens with zero attached hydrogens (tertiary/aromatic N) is 2. The molecule has 0 aromatic heterocycles. The van der Waals surface area contributed by atoms with Gasteiger partial charge in [0.1, 0.15) is 0 Å². The summed E-state index contributed by atoms with van der Waals surface area (Å²) in [4.78, 5) is 4.91. The molecule has 1 fully saturated rings. The van der Waals surface area contributed by atoms with E-state index in [4.69, 9.17) is 0 Å². The van der Waals surface area contributed by atoms with Crippen LogP contribution in [0.2, 0.25) is 0 Å². The maximum Gasteiger partial charge on any atom is 0.0367 e. The molecule has 1 saturated heterocycles. The van der Waals surface area contributed by atoms with Gasteiger partial charge in [-0.1, -0.05) is 0 Å². The summed E-state index contributed by atoms with van der Waals surface area (Å²) in [6.45, 7) is 4.09. The Morgan fingerprint density at radius 1 is 1.12 bits per heavy atom.